The lowest BCUT2D eigenvalue weighted by molar-refractivity contribution is -0.192. The molecule has 2 spiro atoms. The van der Waals surface area contributed by atoms with Crippen molar-refractivity contribution < 1.29 is 9.47 Å². The third-order valence-corrected chi connectivity index (χ3v) is 5.53. The van der Waals surface area contributed by atoms with Gasteiger partial charge in [-0.1, -0.05) is 12.8 Å². The highest BCUT2D eigenvalue weighted by Crippen LogP contribution is 2.89. The number of nitrogens with zero attached hydrogens (tertiary/aromatic N) is 3. The number of amidine groups is 1. The fourth-order valence-corrected chi connectivity index (χ4v) is 4.92. The van der Waals surface area contributed by atoms with Gasteiger partial charge in [-0.25, -0.2) is 4.99 Å². The molecular formula is C13H14N4O2. The summed E-state index contributed by atoms with van der Waals surface area (Å²) >= 11 is 0. The smallest absolute Gasteiger partial charge is 0.293 e. The fraction of sp³-hybridized carbons (Fsp3) is 0.769. The molecule has 0 unspecified atom stereocenters. The standard InChI is InChI=1S/C13H14N4O2/c14-7-11-9(16)17-13(18-5-6-19-13)12(11,8-15)10(11)3-1-2-4-10/h1-6H2,(H2,16,17)/t11-,12-/m0/s1. The zero-order valence-electron chi connectivity index (χ0n) is 10.5. The molecule has 1 saturated heterocycles. The van der Waals surface area contributed by atoms with E-state index < -0.39 is 22.2 Å². The van der Waals surface area contributed by atoms with Crippen LogP contribution in [0.15, 0.2) is 4.99 Å². The molecular weight excluding hydrogens is 244 g/mol. The molecule has 0 aromatic heterocycles. The number of ether oxygens (including phenoxy) is 2. The van der Waals surface area contributed by atoms with Crippen molar-refractivity contribution in [2.75, 3.05) is 13.2 Å². The van der Waals surface area contributed by atoms with Crippen molar-refractivity contribution >= 4 is 5.84 Å². The van der Waals surface area contributed by atoms with Crippen molar-refractivity contribution in [1.82, 2.24) is 0 Å². The SMILES string of the molecule is N#C[C@@]12C3(N=C(N)[C@@]1(C#N)C21CCCC1)OCCO3. The summed E-state index contributed by atoms with van der Waals surface area (Å²) in [7, 11) is 0. The van der Waals surface area contributed by atoms with E-state index in [1.54, 1.807) is 0 Å². The van der Waals surface area contributed by atoms with E-state index in [4.69, 9.17) is 15.2 Å². The maximum Gasteiger partial charge on any atom is 0.293 e. The highest BCUT2D eigenvalue weighted by atomic mass is 16.8. The predicted octanol–water partition coefficient (Wildman–Crippen LogP) is 0.652. The number of nitrogens with two attached hydrogens (primary N) is 1. The second-order valence-corrected chi connectivity index (χ2v) is 5.79. The van der Waals surface area contributed by atoms with E-state index in [1.807, 2.05) is 0 Å². The molecule has 0 amide bonds. The van der Waals surface area contributed by atoms with Crippen LogP contribution in [-0.4, -0.2) is 25.0 Å². The molecule has 3 fully saturated rings. The fourth-order valence-electron chi connectivity index (χ4n) is 4.92. The van der Waals surface area contributed by atoms with E-state index in [-0.39, 0.29) is 5.84 Å². The highest BCUT2D eigenvalue weighted by Gasteiger charge is 3.00. The number of rotatable bonds is 0. The normalized spacial score (nSPS) is 43.8. The van der Waals surface area contributed by atoms with Gasteiger partial charge in [0, 0.05) is 5.41 Å². The lowest BCUT2D eigenvalue weighted by Gasteiger charge is -2.28. The lowest BCUT2D eigenvalue weighted by atomic mass is 9.88. The van der Waals surface area contributed by atoms with E-state index in [1.165, 1.54) is 0 Å². The zero-order valence-corrected chi connectivity index (χ0v) is 10.5. The molecule has 2 aliphatic heterocycles. The monoisotopic (exact) mass is 258 g/mol. The summed E-state index contributed by atoms with van der Waals surface area (Å²) in [6.07, 6.45) is 3.66. The molecule has 2 atom stereocenters. The topological polar surface area (TPSA) is 104 Å². The Balaban J connectivity index is 1.99. The van der Waals surface area contributed by atoms with Gasteiger partial charge >= 0.3 is 0 Å². The largest absolute Gasteiger partial charge is 0.386 e. The molecule has 6 heteroatoms. The number of fused-ring (bicyclic) bond motifs is 4. The number of hydrogen-bond donors (Lipinski definition) is 1. The van der Waals surface area contributed by atoms with Gasteiger partial charge in [0.2, 0.25) is 0 Å². The van der Waals surface area contributed by atoms with Gasteiger partial charge in [-0.2, -0.15) is 10.5 Å². The predicted molar refractivity (Wildman–Crippen MR) is 63.3 cm³/mol. The van der Waals surface area contributed by atoms with Crippen LogP contribution in [0.1, 0.15) is 25.7 Å². The van der Waals surface area contributed by atoms with Crippen LogP contribution < -0.4 is 5.73 Å². The molecule has 4 aliphatic rings. The van der Waals surface area contributed by atoms with Crippen LogP contribution in [-0.2, 0) is 9.47 Å². The van der Waals surface area contributed by atoms with Crippen molar-refractivity contribution in [1.29, 1.82) is 10.5 Å². The Labute approximate surface area is 110 Å². The average Bonchev–Trinajstić information content (AvgIpc) is 2.89. The van der Waals surface area contributed by atoms with Crippen molar-refractivity contribution in [2.24, 2.45) is 27.0 Å². The summed E-state index contributed by atoms with van der Waals surface area (Å²) in [4.78, 5) is 4.26. The first-order valence-corrected chi connectivity index (χ1v) is 6.63. The van der Waals surface area contributed by atoms with Crippen LogP contribution in [0.5, 0.6) is 0 Å². The molecule has 0 aromatic carbocycles. The van der Waals surface area contributed by atoms with E-state index >= 15 is 0 Å². The van der Waals surface area contributed by atoms with E-state index in [0.717, 1.165) is 25.7 Å². The molecule has 2 saturated carbocycles. The van der Waals surface area contributed by atoms with Gasteiger partial charge in [0.05, 0.1) is 25.4 Å². The molecule has 19 heavy (non-hydrogen) atoms. The third kappa shape index (κ3) is 0.745. The first-order chi connectivity index (χ1) is 9.16. The van der Waals surface area contributed by atoms with Crippen LogP contribution >= 0.6 is 0 Å². The van der Waals surface area contributed by atoms with Crippen LogP contribution in [0.25, 0.3) is 0 Å². The van der Waals surface area contributed by atoms with Crippen molar-refractivity contribution in [3.63, 3.8) is 0 Å². The summed E-state index contributed by atoms with van der Waals surface area (Å²) < 4.78 is 11.3. The van der Waals surface area contributed by atoms with Crippen molar-refractivity contribution in [3.05, 3.63) is 0 Å². The second kappa shape index (κ2) is 2.92. The molecule has 4 rings (SSSR count). The Kier molecular flexibility index (Phi) is 1.73. The molecule has 98 valence electrons. The summed E-state index contributed by atoms with van der Waals surface area (Å²) in [6.45, 7) is 0.773. The van der Waals surface area contributed by atoms with E-state index in [9.17, 15) is 10.5 Å². The molecule has 0 aromatic rings. The zero-order chi connectivity index (χ0) is 13.4. The Morgan fingerprint density at radius 1 is 1.11 bits per heavy atom. The molecule has 6 nitrogen and oxygen atoms in total. The van der Waals surface area contributed by atoms with Gasteiger partial charge < -0.3 is 15.2 Å². The van der Waals surface area contributed by atoms with Gasteiger partial charge in [0.1, 0.15) is 11.3 Å². The number of hydrogen-bond acceptors (Lipinski definition) is 6. The summed E-state index contributed by atoms with van der Waals surface area (Å²) in [5.74, 6) is -1.12. The maximum atomic E-state index is 9.84. The molecule has 0 radical (unpaired) electrons. The number of aliphatic imine (C=N–C) groups is 1. The Morgan fingerprint density at radius 3 is 2.26 bits per heavy atom. The summed E-state index contributed by atoms with van der Waals surface area (Å²) in [5.41, 5.74) is 3.55. The van der Waals surface area contributed by atoms with Gasteiger partial charge in [-0.3, -0.25) is 0 Å². The summed E-state index contributed by atoms with van der Waals surface area (Å²) in [6, 6.07) is 4.64. The van der Waals surface area contributed by atoms with Crippen LogP contribution in [0.2, 0.25) is 0 Å². The molecule has 0 bridgehead atoms. The maximum absolute atomic E-state index is 9.84. The minimum Gasteiger partial charge on any atom is -0.386 e. The van der Waals surface area contributed by atoms with Crippen LogP contribution in [0, 0.1) is 38.9 Å². The van der Waals surface area contributed by atoms with Gasteiger partial charge in [0.15, 0.2) is 5.41 Å². The van der Waals surface area contributed by atoms with Crippen molar-refractivity contribution in [3.8, 4) is 12.1 Å². The molecule has 2 heterocycles. The first-order valence-electron chi connectivity index (χ1n) is 6.63. The Morgan fingerprint density at radius 2 is 1.74 bits per heavy atom. The Bertz CT molecular complexity index is 574. The van der Waals surface area contributed by atoms with Crippen LogP contribution in [0.4, 0.5) is 0 Å². The van der Waals surface area contributed by atoms with Gasteiger partial charge in [0.25, 0.3) is 5.91 Å². The third-order valence-electron chi connectivity index (χ3n) is 5.53. The number of nitriles is 2. The molecule has 2 aliphatic carbocycles. The summed E-state index contributed by atoms with van der Waals surface area (Å²) in [5, 5.41) is 19.6. The minimum atomic E-state index is -1.34. The average molecular weight is 258 g/mol. The van der Waals surface area contributed by atoms with Crippen LogP contribution in [0.3, 0.4) is 0 Å². The second-order valence-electron chi connectivity index (χ2n) is 5.79. The quantitative estimate of drug-likeness (QED) is 0.687. The Hall–Kier alpha value is -1.63. The minimum absolute atomic E-state index is 0.223. The highest BCUT2D eigenvalue weighted by molar-refractivity contribution is 6.00. The van der Waals surface area contributed by atoms with Crippen molar-refractivity contribution in [2.45, 2.75) is 31.6 Å². The molecule has 2 N–H and O–H groups in total. The van der Waals surface area contributed by atoms with E-state index in [0.29, 0.717) is 13.2 Å². The van der Waals surface area contributed by atoms with Gasteiger partial charge in [-0.05, 0) is 12.8 Å². The first kappa shape index (κ1) is 11.2. The van der Waals surface area contributed by atoms with Gasteiger partial charge in [-0.15, -0.1) is 0 Å². The lowest BCUT2D eigenvalue weighted by Crippen LogP contribution is -2.41. The van der Waals surface area contributed by atoms with E-state index in [2.05, 4.69) is 17.1 Å².